The predicted molar refractivity (Wildman–Crippen MR) is 144 cm³/mol. The van der Waals surface area contributed by atoms with Gasteiger partial charge in [0, 0.05) is 64.6 Å². The number of ether oxygens (including phenoxy) is 6. The zero-order chi connectivity index (χ0) is 24.9. The largest absolute Gasteiger partial charge is 0.492 e. The molecule has 0 aliphatic carbocycles. The second-order valence-electron chi connectivity index (χ2n) is 8.93. The van der Waals surface area contributed by atoms with E-state index in [9.17, 15) is 0 Å². The van der Waals surface area contributed by atoms with Crippen LogP contribution in [0.2, 0.25) is 0 Å². The molecule has 0 bridgehead atoms. The molecule has 0 aliphatic heterocycles. The monoisotopic (exact) mass is 480 g/mol. The van der Waals surface area contributed by atoms with Crippen molar-refractivity contribution in [1.29, 1.82) is 0 Å². The summed E-state index contributed by atoms with van der Waals surface area (Å²) in [6.07, 6.45) is 0. The van der Waals surface area contributed by atoms with Gasteiger partial charge in [-0.2, -0.15) is 0 Å². The zero-order valence-electron chi connectivity index (χ0n) is 20.9. The van der Waals surface area contributed by atoms with Crippen LogP contribution in [0.4, 0.5) is 0 Å². The van der Waals surface area contributed by atoms with E-state index in [-0.39, 0.29) is 0 Å². The molecule has 6 heteroatoms. The Hall–Kier alpha value is -4.32. The summed E-state index contributed by atoms with van der Waals surface area (Å²) in [5.41, 5.74) is 0. The Kier molecular flexibility index (Phi) is 4.14. The van der Waals surface area contributed by atoms with Gasteiger partial charge in [-0.3, -0.25) is 0 Å². The summed E-state index contributed by atoms with van der Waals surface area (Å²) in [5, 5.41) is 12.5. The summed E-state index contributed by atoms with van der Waals surface area (Å²) in [6, 6.07) is 12.5. The Morgan fingerprint density at radius 1 is 0.278 bits per heavy atom. The molecule has 0 atom stereocenters. The van der Waals surface area contributed by atoms with Crippen molar-refractivity contribution in [1.82, 2.24) is 0 Å². The highest BCUT2D eigenvalue weighted by molar-refractivity contribution is 6.47. The lowest BCUT2D eigenvalue weighted by molar-refractivity contribution is 0.361. The van der Waals surface area contributed by atoms with Crippen molar-refractivity contribution < 1.29 is 28.4 Å². The SMILES string of the molecule is COc1c(OC)c2ccc3c(OC)c(OC)c4ccc5c(OC)c(OC)c6ccc1c1c2c3c4c5c61. The van der Waals surface area contributed by atoms with Crippen LogP contribution in [-0.2, 0) is 0 Å². The van der Waals surface area contributed by atoms with Gasteiger partial charge in [0.05, 0.1) is 42.7 Å². The van der Waals surface area contributed by atoms with Crippen molar-refractivity contribution in [3.05, 3.63) is 36.4 Å². The van der Waals surface area contributed by atoms with Crippen molar-refractivity contribution in [2.45, 2.75) is 0 Å². The molecule has 7 rings (SSSR count). The summed E-state index contributed by atoms with van der Waals surface area (Å²) in [6.45, 7) is 0. The van der Waals surface area contributed by atoms with E-state index in [1.54, 1.807) is 42.7 Å². The summed E-state index contributed by atoms with van der Waals surface area (Å²) < 4.78 is 35.7. The van der Waals surface area contributed by atoms with Gasteiger partial charge < -0.3 is 28.4 Å². The maximum Gasteiger partial charge on any atom is 0.169 e. The first kappa shape index (κ1) is 21.0. The molecule has 36 heavy (non-hydrogen) atoms. The molecule has 6 nitrogen and oxygen atoms in total. The molecule has 0 N–H and O–H groups in total. The van der Waals surface area contributed by atoms with Crippen LogP contribution >= 0.6 is 0 Å². The van der Waals surface area contributed by atoms with Gasteiger partial charge in [-0.25, -0.2) is 0 Å². The van der Waals surface area contributed by atoms with E-state index in [0.29, 0.717) is 34.5 Å². The van der Waals surface area contributed by atoms with E-state index in [1.807, 2.05) is 0 Å². The van der Waals surface area contributed by atoms with Gasteiger partial charge in [0.1, 0.15) is 0 Å². The number of hydrogen-bond donors (Lipinski definition) is 0. The molecule has 7 aromatic rings. The fraction of sp³-hybridized carbons (Fsp3) is 0.200. The summed E-state index contributed by atoms with van der Waals surface area (Å²) >= 11 is 0. The van der Waals surface area contributed by atoms with E-state index < -0.39 is 0 Å². The molecule has 0 spiro atoms. The average molecular weight is 481 g/mol. The highest BCUT2D eigenvalue weighted by Gasteiger charge is 2.30. The van der Waals surface area contributed by atoms with E-state index in [1.165, 1.54) is 0 Å². The van der Waals surface area contributed by atoms with Crippen LogP contribution in [0.15, 0.2) is 36.4 Å². The lowest BCUT2D eigenvalue weighted by Gasteiger charge is -2.26. The Balaban J connectivity index is 1.98. The van der Waals surface area contributed by atoms with Crippen molar-refractivity contribution in [2.75, 3.05) is 42.7 Å². The van der Waals surface area contributed by atoms with Crippen molar-refractivity contribution in [3.8, 4) is 34.5 Å². The van der Waals surface area contributed by atoms with E-state index >= 15 is 0 Å². The molecule has 0 amide bonds. The van der Waals surface area contributed by atoms with Gasteiger partial charge in [-0.15, -0.1) is 0 Å². The van der Waals surface area contributed by atoms with Crippen LogP contribution in [0.3, 0.4) is 0 Å². The molecule has 0 aromatic heterocycles. The minimum atomic E-state index is 0.709. The Morgan fingerprint density at radius 3 is 0.528 bits per heavy atom. The predicted octanol–water partition coefficient (Wildman–Crippen LogP) is 6.97. The zero-order valence-corrected chi connectivity index (χ0v) is 20.9. The second-order valence-corrected chi connectivity index (χ2v) is 8.93. The maximum absolute atomic E-state index is 5.95. The number of methoxy groups -OCH3 is 6. The van der Waals surface area contributed by atoms with Gasteiger partial charge in [0.15, 0.2) is 34.5 Å². The van der Waals surface area contributed by atoms with Crippen LogP contribution in [0.5, 0.6) is 34.5 Å². The highest BCUT2D eigenvalue weighted by atomic mass is 16.5. The minimum Gasteiger partial charge on any atom is -0.492 e. The van der Waals surface area contributed by atoms with Gasteiger partial charge in [0.2, 0.25) is 0 Å². The molecule has 0 heterocycles. The standard InChI is InChI=1S/C30H24O6/c1-31-25-13-7-8-15-21-19(13)20-14(26(25)32-2)9-10-16-22(20)24-18(30(36-6)28(16)34-4)12-11-17(23(21)24)29(35-5)27(15)33-3/h7-12H,1-6H3. The van der Waals surface area contributed by atoms with Gasteiger partial charge >= 0.3 is 0 Å². The topological polar surface area (TPSA) is 55.4 Å². The van der Waals surface area contributed by atoms with Crippen LogP contribution in [0.25, 0.3) is 64.6 Å². The number of benzene rings is 7. The van der Waals surface area contributed by atoms with E-state index in [2.05, 4.69) is 36.4 Å². The molecule has 0 unspecified atom stereocenters. The average Bonchev–Trinajstić information content (AvgIpc) is 2.93. The fourth-order valence-electron chi connectivity index (χ4n) is 6.45. The molecule has 180 valence electrons. The second kappa shape index (κ2) is 7.10. The Morgan fingerprint density at radius 2 is 0.417 bits per heavy atom. The third-order valence-electron chi connectivity index (χ3n) is 7.68. The van der Waals surface area contributed by atoms with Crippen LogP contribution in [0, 0.1) is 0 Å². The number of hydrogen-bond acceptors (Lipinski definition) is 6. The first-order chi connectivity index (χ1) is 17.6. The third kappa shape index (κ3) is 2.15. The Labute approximate surface area is 206 Å². The van der Waals surface area contributed by atoms with Crippen molar-refractivity contribution in [3.63, 3.8) is 0 Å². The van der Waals surface area contributed by atoms with Gasteiger partial charge in [-0.05, 0) is 36.4 Å². The molecule has 0 aliphatic rings. The Bertz CT molecular complexity index is 1560. The normalized spacial score (nSPS) is 12.2. The smallest absolute Gasteiger partial charge is 0.169 e. The van der Waals surface area contributed by atoms with Gasteiger partial charge in [0.25, 0.3) is 0 Å². The van der Waals surface area contributed by atoms with Crippen LogP contribution in [-0.4, -0.2) is 42.7 Å². The molecule has 0 saturated heterocycles. The molecular formula is C30H24O6. The first-order valence-electron chi connectivity index (χ1n) is 11.7. The molecule has 7 aromatic carbocycles. The maximum atomic E-state index is 5.95. The van der Waals surface area contributed by atoms with Crippen molar-refractivity contribution >= 4 is 64.6 Å². The molecule has 0 saturated carbocycles. The van der Waals surface area contributed by atoms with E-state index in [0.717, 1.165) is 64.6 Å². The third-order valence-corrected chi connectivity index (χ3v) is 7.68. The quantitative estimate of drug-likeness (QED) is 0.189. The van der Waals surface area contributed by atoms with Crippen LogP contribution in [0.1, 0.15) is 0 Å². The molecular weight excluding hydrogens is 456 g/mol. The minimum absolute atomic E-state index is 0.709. The molecule has 0 fully saturated rings. The highest BCUT2D eigenvalue weighted by Crippen LogP contribution is 2.59. The summed E-state index contributed by atoms with van der Waals surface area (Å²) in [4.78, 5) is 0. The summed E-state index contributed by atoms with van der Waals surface area (Å²) in [7, 11) is 10.1. The lowest BCUT2D eigenvalue weighted by atomic mass is 9.81. The first-order valence-corrected chi connectivity index (χ1v) is 11.7. The lowest BCUT2D eigenvalue weighted by Crippen LogP contribution is -2.02. The van der Waals surface area contributed by atoms with Crippen molar-refractivity contribution in [2.24, 2.45) is 0 Å². The molecule has 0 radical (unpaired) electrons. The number of rotatable bonds is 6. The fourth-order valence-corrected chi connectivity index (χ4v) is 6.45. The van der Waals surface area contributed by atoms with Gasteiger partial charge in [-0.1, -0.05) is 0 Å². The van der Waals surface area contributed by atoms with E-state index in [4.69, 9.17) is 28.4 Å². The van der Waals surface area contributed by atoms with Crippen LogP contribution < -0.4 is 28.4 Å². The summed E-state index contributed by atoms with van der Waals surface area (Å²) in [5.74, 6) is 4.25.